The largest absolute Gasteiger partial charge is 0.435 e. The average molecular weight is 405 g/mol. The topological polar surface area (TPSA) is 95.1 Å². The molecule has 0 fully saturated rings. The van der Waals surface area contributed by atoms with Crippen molar-refractivity contribution in [3.63, 3.8) is 0 Å². The number of halogens is 2. The van der Waals surface area contributed by atoms with Crippen LogP contribution < -0.4 is 10.1 Å². The maximum atomic E-state index is 12.6. The van der Waals surface area contributed by atoms with E-state index >= 15 is 0 Å². The van der Waals surface area contributed by atoms with Crippen molar-refractivity contribution in [1.82, 2.24) is 25.2 Å². The van der Waals surface area contributed by atoms with Crippen molar-refractivity contribution in [3.05, 3.63) is 47.6 Å². The molecule has 0 aliphatic rings. The van der Waals surface area contributed by atoms with Crippen molar-refractivity contribution in [3.8, 4) is 17.1 Å². The number of hydrogen-bond acceptors (Lipinski definition) is 6. The van der Waals surface area contributed by atoms with E-state index in [4.69, 9.17) is 4.52 Å². The number of nitrogens with one attached hydrogen (secondary N) is 1. The fraction of sp³-hybridized carbons (Fsp3) is 0.368. The molecule has 3 rings (SSSR count). The van der Waals surface area contributed by atoms with Gasteiger partial charge in [-0.25, -0.2) is 0 Å². The molecule has 0 spiro atoms. The summed E-state index contributed by atoms with van der Waals surface area (Å²) < 4.78 is 36.1. The Kier molecular flexibility index (Phi) is 5.90. The zero-order chi connectivity index (χ0) is 21.1. The van der Waals surface area contributed by atoms with Crippen LogP contribution in [0.5, 0.6) is 5.75 Å². The first-order chi connectivity index (χ1) is 13.7. The Morgan fingerprint density at radius 1 is 1.28 bits per heavy atom. The summed E-state index contributed by atoms with van der Waals surface area (Å²) in [5.41, 5.74) is 1.53. The molecule has 29 heavy (non-hydrogen) atoms. The summed E-state index contributed by atoms with van der Waals surface area (Å²) in [4.78, 5) is 16.8. The van der Waals surface area contributed by atoms with E-state index < -0.39 is 12.7 Å². The van der Waals surface area contributed by atoms with Gasteiger partial charge < -0.3 is 14.6 Å². The number of ether oxygens (including phenoxy) is 1. The van der Waals surface area contributed by atoms with E-state index in [1.54, 1.807) is 36.9 Å². The Bertz CT molecular complexity index is 999. The number of hydrogen-bond donors (Lipinski definition) is 1. The van der Waals surface area contributed by atoms with Crippen LogP contribution in [0.25, 0.3) is 11.4 Å². The first kappa shape index (κ1) is 20.4. The number of nitrogens with zero attached hydrogens (tertiary/aromatic N) is 4. The second kappa shape index (κ2) is 8.38. The minimum absolute atomic E-state index is 0.0113. The predicted molar refractivity (Wildman–Crippen MR) is 99.6 cm³/mol. The molecule has 1 amide bonds. The van der Waals surface area contributed by atoms with Gasteiger partial charge in [0, 0.05) is 17.8 Å². The highest BCUT2D eigenvalue weighted by Crippen LogP contribution is 2.24. The number of benzene rings is 1. The molecule has 3 aromatic rings. The molecule has 154 valence electrons. The third kappa shape index (κ3) is 4.76. The molecule has 8 nitrogen and oxygen atoms in total. The van der Waals surface area contributed by atoms with Crippen LogP contribution in [0.3, 0.4) is 0 Å². The Balaban J connectivity index is 1.72. The van der Waals surface area contributed by atoms with Gasteiger partial charge in [-0.15, -0.1) is 0 Å². The monoisotopic (exact) mass is 405 g/mol. The van der Waals surface area contributed by atoms with Crippen molar-refractivity contribution in [2.24, 2.45) is 0 Å². The molecule has 2 heterocycles. The van der Waals surface area contributed by atoms with Gasteiger partial charge in [0.05, 0.1) is 11.3 Å². The first-order valence-corrected chi connectivity index (χ1v) is 9.00. The Hall–Kier alpha value is -3.30. The summed E-state index contributed by atoms with van der Waals surface area (Å²) in [6, 6.07) is 5.54. The molecular weight excluding hydrogens is 384 g/mol. The zero-order valence-corrected chi connectivity index (χ0v) is 16.4. The quantitative estimate of drug-likeness (QED) is 0.640. The second-order valence-corrected chi connectivity index (χ2v) is 6.76. The number of amides is 1. The average Bonchev–Trinajstić information content (AvgIpc) is 3.28. The van der Waals surface area contributed by atoms with Crippen molar-refractivity contribution < 1.29 is 22.8 Å². The zero-order valence-electron chi connectivity index (χ0n) is 16.4. The number of aromatic nitrogens is 4. The van der Waals surface area contributed by atoms with Crippen LogP contribution in [0.4, 0.5) is 8.78 Å². The number of rotatable bonds is 7. The standard InChI is InChI=1S/C19H21F2N5O3/c1-10(2)26-9-15(11(3)24-26)17(27)22-12(4)18-23-16(25-29-18)13-6-5-7-14(8-13)28-19(20)21/h5-10,12,19H,1-4H3,(H,22,27)/t12-/m0/s1. The van der Waals surface area contributed by atoms with Crippen molar-refractivity contribution in [1.29, 1.82) is 0 Å². The second-order valence-electron chi connectivity index (χ2n) is 6.76. The highest BCUT2D eigenvalue weighted by molar-refractivity contribution is 5.95. The lowest BCUT2D eigenvalue weighted by atomic mass is 10.2. The van der Waals surface area contributed by atoms with E-state index in [0.717, 1.165) is 0 Å². The van der Waals surface area contributed by atoms with Gasteiger partial charge in [0.1, 0.15) is 11.8 Å². The summed E-state index contributed by atoms with van der Waals surface area (Å²) in [6.45, 7) is 4.48. The van der Waals surface area contributed by atoms with Gasteiger partial charge in [0.2, 0.25) is 11.7 Å². The van der Waals surface area contributed by atoms with Gasteiger partial charge in [-0.3, -0.25) is 9.48 Å². The summed E-state index contributed by atoms with van der Waals surface area (Å²) >= 11 is 0. The molecule has 0 aliphatic carbocycles. The molecule has 0 saturated heterocycles. The fourth-order valence-corrected chi connectivity index (χ4v) is 2.64. The van der Waals surface area contributed by atoms with Crippen LogP contribution in [0.2, 0.25) is 0 Å². The summed E-state index contributed by atoms with van der Waals surface area (Å²) in [5.74, 6) is 0.0591. The summed E-state index contributed by atoms with van der Waals surface area (Å²) in [6.07, 6.45) is 1.69. The van der Waals surface area contributed by atoms with Crippen LogP contribution in [0, 0.1) is 6.92 Å². The number of aryl methyl sites for hydroxylation is 1. The first-order valence-electron chi connectivity index (χ1n) is 9.00. The predicted octanol–water partition coefficient (Wildman–Crippen LogP) is 3.91. The van der Waals surface area contributed by atoms with Crippen LogP contribution >= 0.6 is 0 Å². The molecule has 0 saturated carbocycles. The number of carbonyl (C=O) groups excluding carboxylic acids is 1. The Morgan fingerprint density at radius 3 is 2.69 bits per heavy atom. The number of carbonyl (C=O) groups is 1. The Morgan fingerprint density at radius 2 is 2.03 bits per heavy atom. The molecule has 1 aromatic carbocycles. The van der Waals surface area contributed by atoms with Crippen molar-refractivity contribution in [2.45, 2.75) is 46.4 Å². The van der Waals surface area contributed by atoms with Gasteiger partial charge in [-0.2, -0.15) is 18.9 Å². The van der Waals surface area contributed by atoms with Gasteiger partial charge in [0.25, 0.3) is 5.91 Å². The van der Waals surface area contributed by atoms with Crippen LogP contribution in [0.1, 0.15) is 54.8 Å². The van der Waals surface area contributed by atoms with E-state index in [1.807, 2.05) is 13.8 Å². The normalized spacial score (nSPS) is 12.4. The minimum Gasteiger partial charge on any atom is -0.435 e. The van der Waals surface area contributed by atoms with Crippen molar-refractivity contribution in [2.75, 3.05) is 0 Å². The molecular formula is C19H21F2N5O3. The molecule has 0 radical (unpaired) electrons. The van der Waals surface area contributed by atoms with Gasteiger partial charge in [0.15, 0.2) is 0 Å². The highest BCUT2D eigenvalue weighted by atomic mass is 19.3. The molecule has 0 bridgehead atoms. The van der Waals surface area contributed by atoms with E-state index in [9.17, 15) is 13.6 Å². The molecule has 10 heteroatoms. The maximum absolute atomic E-state index is 12.6. The lowest BCUT2D eigenvalue weighted by molar-refractivity contribution is -0.0498. The summed E-state index contributed by atoms with van der Waals surface area (Å²) in [5, 5.41) is 11.0. The molecule has 1 N–H and O–H groups in total. The fourth-order valence-electron chi connectivity index (χ4n) is 2.64. The molecule has 0 unspecified atom stereocenters. The SMILES string of the molecule is Cc1nn(C(C)C)cc1C(=O)N[C@@H](C)c1nc(-c2cccc(OC(F)F)c2)no1. The lowest BCUT2D eigenvalue weighted by Gasteiger charge is -2.09. The van der Waals surface area contributed by atoms with E-state index in [2.05, 4.69) is 25.3 Å². The molecule has 2 aromatic heterocycles. The third-order valence-corrected chi connectivity index (χ3v) is 4.17. The van der Waals surface area contributed by atoms with E-state index in [-0.39, 0.29) is 29.4 Å². The third-order valence-electron chi connectivity index (χ3n) is 4.17. The molecule has 1 atom stereocenters. The lowest BCUT2D eigenvalue weighted by Crippen LogP contribution is -2.27. The van der Waals surface area contributed by atoms with Crippen LogP contribution in [0.15, 0.2) is 35.0 Å². The maximum Gasteiger partial charge on any atom is 0.387 e. The van der Waals surface area contributed by atoms with E-state index in [1.165, 1.54) is 12.1 Å². The van der Waals surface area contributed by atoms with Gasteiger partial charge in [-0.1, -0.05) is 17.3 Å². The summed E-state index contributed by atoms with van der Waals surface area (Å²) in [7, 11) is 0. The minimum atomic E-state index is -2.93. The van der Waals surface area contributed by atoms with E-state index in [0.29, 0.717) is 16.8 Å². The highest BCUT2D eigenvalue weighted by Gasteiger charge is 2.21. The van der Waals surface area contributed by atoms with Gasteiger partial charge >= 0.3 is 6.61 Å². The van der Waals surface area contributed by atoms with Crippen molar-refractivity contribution >= 4 is 5.91 Å². The molecule has 0 aliphatic heterocycles. The van der Waals surface area contributed by atoms with Crippen LogP contribution in [-0.4, -0.2) is 32.4 Å². The smallest absolute Gasteiger partial charge is 0.387 e. The number of alkyl halides is 2. The van der Waals surface area contributed by atoms with Gasteiger partial charge in [-0.05, 0) is 39.8 Å². The Labute approximate surface area is 165 Å². The van der Waals surface area contributed by atoms with Crippen LogP contribution in [-0.2, 0) is 0 Å².